The Bertz CT molecular complexity index is 1320. The van der Waals surface area contributed by atoms with Gasteiger partial charge in [0.2, 0.25) is 0 Å². The van der Waals surface area contributed by atoms with E-state index in [2.05, 4.69) is 10.6 Å². The molecule has 1 aliphatic heterocycles. The SMILES string of the molecule is Cc1ccc(Cl)cc1NC(=O)c1ccc(NC2=C(Cl)C(=O)N(c3ccccc3F)C2=O)cc1. The van der Waals surface area contributed by atoms with Gasteiger partial charge in [0, 0.05) is 22.0 Å². The number of carbonyl (C=O) groups excluding carboxylic acids is 3. The maximum Gasteiger partial charge on any atom is 0.283 e. The monoisotopic (exact) mass is 483 g/mol. The van der Waals surface area contributed by atoms with E-state index in [4.69, 9.17) is 23.2 Å². The summed E-state index contributed by atoms with van der Waals surface area (Å²) in [5, 5.41) is 5.72. The molecule has 0 radical (unpaired) electrons. The standard InChI is InChI=1S/C24H16Cl2FN3O3/c1-13-6-9-15(25)12-18(13)29-22(31)14-7-10-16(11-8-14)28-21-20(26)23(32)30(24(21)33)19-5-3-2-4-17(19)27/h2-12,28H,1H3,(H,29,31). The third kappa shape index (κ3) is 4.46. The molecule has 0 saturated carbocycles. The first-order valence-electron chi connectivity index (χ1n) is 9.74. The molecule has 3 aromatic rings. The average molecular weight is 484 g/mol. The minimum atomic E-state index is -0.831. The van der Waals surface area contributed by atoms with E-state index in [-0.39, 0.29) is 22.3 Å². The van der Waals surface area contributed by atoms with Gasteiger partial charge in [0.25, 0.3) is 17.7 Å². The number of anilines is 3. The number of imide groups is 1. The fourth-order valence-electron chi connectivity index (χ4n) is 3.24. The average Bonchev–Trinajstić information content (AvgIpc) is 3.00. The maximum absolute atomic E-state index is 14.1. The molecule has 3 amide bonds. The minimum absolute atomic E-state index is 0.184. The second-order valence-corrected chi connectivity index (χ2v) is 8.02. The van der Waals surface area contributed by atoms with Gasteiger partial charge in [0.15, 0.2) is 0 Å². The van der Waals surface area contributed by atoms with Crippen molar-refractivity contribution >= 4 is 58.0 Å². The van der Waals surface area contributed by atoms with Gasteiger partial charge in [0.05, 0.1) is 5.69 Å². The molecule has 1 heterocycles. The van der Waals surface area contributed by atoms with E-state index in [0.29, 0.717) is 26.9 Å². The third-order valence-electron chi connectivity index (χ3n) is 4.98. The Morgan fingerprint density at radius 2 is 1.64 bits per heavy atom. The zero-order chi connectivity index (χ0) is 23.7. The number of benzene rings is 3. The van der Waals surface area contributed by atoms with Crippen molar-refractivity contribution in [2.45, 2.75) is 6.92 Å². The van der Waals surface area contributed by atoms with Crippen molar-refractivity contribution in [3.8, 4) is 0 Å². The zero-order valence-corrected chi connectivity index (χ0v) is 18.7. The largest absolute Gasteiger partial charge is 0.350 e. The summed E-state index contributed by atoms with van der Waals surface area (Å²) in [7, 11) is 0. The van der Waals surface area contributed by atoms with Crippen LogP contribution in [0.2, 0.25) is 5.02 Å². The minimum Gasteiger partial charge on any atom is -0.350 e. The Hall–Kier alpha value is -3.68. The quantitative estimate of drug-likeness (QED) is 0.471. The highest BCUT2D eigenvalue weighted by atomic mass is 35.5. The molecule has 166 valence electrons. The van der Waals surface area contributed by atoms with Crippen molar-refractivity contribution in [1.29, 1.82) is 0 Å². The molecule has 0 atom stereocenters. The van der Waals surface area contributed by atoms with Gasteiger partial charge in [-0.3, -0.25) is 14.4 Å². The van der Waals surface area contributed by atoms with E-state index >= 15 is 0 Å². The Kier molecular flexibility index (Phi) is 6.18. The molecule has 0 aliphatic carbocycles. The molecule has 0 aromatic heterocycles. The van der Waals surface area contributed by atoms with E-state index in [0.717, 1.165) is 11.6 Å². The summed E-state index contributed by atoms with van der Waals surface area (Å²) >= 11 is 12.1. The number of nitrogens with zero attached hydrogens (tertiary/aromatic N) is 1. The molecule has 9 heteroatoms. The highest BCUT2D eigenvalue weighted by molar-refractivity contribution is 6.53. The molecule has 0 bridgehead atoms. The summed E-state index contributed by atoms with van der Waals surface area (Å²) in [5.41, 5.74) is 1.85. The van der Waals surface area contributed by atoms with E-state index in [9.17, 15) is 18.8 Å². The molecule has 6 nitrogen and oxygen atoms in total. The Labute approximate surface area is 198 Å². The summed E-state index contributed by atoms with van der Waals surface area (Å²) in [6, 6.07) is 16.8. The number of amides is 3. The van der Waals surface area contributed by atoms with Crippen molar-refractivity contribution in [3.63, 3.8) is 0 Å². The van der Waals surface area contributed by atoms with Crippen molar-refractivity contribution in [2.75, 3.05) is 15.5 Å². The second-order valence-electron chi connectivity index (χ2n) is 7.20. The van der Waals surface area contributed by atoms with Crippen LogP contribution in [0.15, 0.2) is 77.5 Å². The number of hydrogen-bond acceptors (Lipinski definition) is 4. The molecule has 2 N–H and O–H groups in total. The summed E-state index contributed by atoms with van der Waals surface area (Å²) in [6.45, 7) is 1.85. The molecular formula is C24H16Cl2FN3O3. The van der Waals surface area contributed by atoms with Crippen LogP contribution in [0.5, 0.6) is 0 Å². The second kappa shape index (κ2) is 9.05. The normalized spacial score (nSPS) is 13.5. The van der Waals surface area contributed by atoms with Crippen molar-refractivity contribution in [1.82, 2.24) is 0 Å². The van der Waals surface area contributed by atoms with Crippen molar-refractivity contribution in [2.24, 2.45) is 0 Å². The van der Waals surface area contributed by atoms with Crippen LogP contribution >= 0.6 is 23.2 Å². The summed E-state index contributed by atoms with van der Waals surface area (Å²) in [5.74, 6) is -2.69. The van der Waals surface area contributed by atoms with Crippen LogP contribution in [-0.2, 0) is 9.59 Å². The van der Waals surface area contributed by atoms with Gasteiger partial charge in [-0.1, -0.05) is 41.4 Å². The van der Waals surface area contributed by atoms with Gasteiger partial charge in [-0.15, -0.1) is 0 Å². The van der Waals surface area contributed by atoms with Crippen LogP contribution in [0.4, 0.5) is 21.5 Å². The van der Waals surface area contributed by atoms with Crippen LogP contribution in [0.1, 0.15) is 15.9 Å². The van der Waals surface area contributed by atoms with E-state index in [1.54, 1.807) is 42.5 Å². The first-order valence-corrected chi connectivity index (χ1v) is 10.5. The Balaban J connectivity index is 1.50. The number of para-hydroxylation sites is 1. The smallest absolute Gasteiger partial charge is 0.283 e. The first-order chi connectivity index (χ1) is 15.8. The number of aryl methyl sites for hydroxylation is 1. The third-order valence-corrected chi connectivity index (χ3v) is 5.57. The number of rotatable bonds is 5. The van der Waals surface area contributed by atoms with Gasteiger partial charge in [-0.25, -0.2) is 9.29 Å². The number of hydrogen-bond donors (Lipinski definition) is 2. The molecule has 1 aliphatic rings. The van der Waals surface area contributed by atoms with Gasteiger partial charge >= 0.3 is 0 Å². The molecule has 3 aromatic carbocycles. The lowest BCUT2D eigenvalue weighted by atomic mass is 10.1. The summed E-state index contributed by atoms with van der Waals surface area (Å²) < 4.78 is 14.1. The van der Waals surface area contributed by atoms with Gasteiger partial charge < -0.3 is 10.6 Å². The van der Waals surface area contributed by atoms with E-state index in [1.807, 2.05) is 6.92 Å². The lowest BCUT2D eigenvalue weighted by Gasteiger charge is -2.15. The molecule has 4 rings (SSSR count). The van der Waals surface area contributed by atoms with E-state index in [1.165, 1.54) is 18.2 Å². The number of nitrogens with one attached hydrogen (secondary N) is 2. The summed E-state index contributed by atoms with van der Waals surface area (Å²) in [6.07, 6.45) is 0. The fraction of sp³-hybridized carbons (Fsp3) is 0.0417. The van der Waals surface area contributed by atoms with Crippen LogP contribution in [-0.4, -0.2) is 17.7 Å². The Morgan fingerprint density at radius 3 is 2.33 bits per heavy atom. The van der Waals surface area contributed by atoms with Crippen LogP contribution in [0.25, 0.3) is 0 Å². The highest BCUT2D eigenvalue weighted by Gasteiger charge is 2.40. The molecule has 0 saturated heterocycles. The molecular weight excluding hydrogens is 468 g/mol. The lowest BCUT2D eigenvalue weighted by Crippen LogP contribution is -2.33. The van der Waals surface area contributed by atoms with Gasteiger partial charge in [0.1, 0.15) is 16.5 Å². The first kappa shape index (κ1) is 22.5. The maximum atomic E-state index is 14.1. The fourth-order valence-corrected chi connectivity index (χ4v) is 3.62. The molecule has 33 heavy (non-hydrogen) atoms. The topological polar surface area (TPSA) is 78.5 Å². The Morgan fingerprint density at radius 1 is 0.939 bits per heavy atom. The lowest BCUT2D eigenvalue weighted by molar-refractivity contribution is -0.120. The van der Waals surface area contributed by atoms with Crippen molar-refractivity contribution in [3.05, 3.63) is 99.4 Å². The predicted molar refractivity (Wildman–Crippen MR) is 126 cm³/mol. The molecule has 0 fully saturated rings. The van der Waals surface area contributed by atoms with Crippen molar-refractivity contribution < 1.29 is 18.8 Å². The van der Waals surface area contributed by atoms with Crippen LogP contribution < -0.4 is 15.5 Å². The molecule has 0 spiro atoms. The van der Waals surface area contributed by atoms with Gasteiger partial charge in [-0.2, -0.15) is 0 Å². The number of carbonyl (C=O) groups is 3. The van der Waals surface area contributed by atoms with Crippen LogP contribution in [0.3, 0.4) is 0 Å². The van der Waals surface area contributed by atoms with Gasteiger partial charge in [-0.05, 0) is 61.0 Å². The number of halogens is 3. The van der Waals surface area contributed by atoms with Crippen LogP contribution in [0, 0.1) is 12.7 Å². The summed E-state index contributed by atoms with van der Waals surface area (Å²) in [4.78, 5) is 38.5. The highest BCUT2D eigenvalue weighted by Crippen LogP contribution is 2.31. The molecule has 0 unspecified atom stereocenters. The van der Waals surface area contributed by atoms with E-state index < -0.39 is 17.6 Å². The predicted octanol–water partition coefficient (Wildman–Crippen LogP) is 5.48. The zero-order valence-electron chi connectivity index (χ0n) is 17.2.